The van der Waals surface area contributed by atoms with Crippen molar-refractivity contribution in [3.05, 3.63) is 0 Å². The van der Waals surface area contributed by atoms with E-state index in [0.29, 0.717) is 5.54 Å². The van der Waals surface area contributed by atoms with Crippen LogP contribution in [0.25, 0.3) is 0 Å². The molecule has 1 fully saturated rings. The Hall–Kier alpha value is -0.0400. The van der Waals surface area contributed by atoms with Gasteiger partial charge in [-0.25, -0.2) is 0 Å². The van der Waals surface area contributed by atoms with Crippen molar-refractivity contribution in [1.82, 2.24) is 5.32 Å². The smallest absolute Gasteiger partial charge is 0.0206 e. The summed E-state index contributed by atoms with van der Waals surface area (Å²) in [4.78, 5) is 0. The number of hydrogen-bond donors (Lipinski definition) is 1. The van der Waals surface area contributed by atoms with E-state index in [2.05, 4.69) is 33.0 Å². The van der Waals surface area contributed by atoms with Gasteiger partial charge in [0, 0.05) is 5.54 Å². The molecule has 0 aromatic rings. The maximum absolute atomic E-state index is 3.83. The quantitative estimate of drug-likeness (QED) is 0.729. The van der Waals surface area contributed by atoms with Crippen molar-refractivity contribution in [3.63, 3.8) is 0 Å². The van der Waals surface area contributed by atoms with Crippen LogP contribution in [-0.2, 0) is 0 Å². The van der Waals surface area contributed by atoms with Gasteiger partial charge in [-0.3, -0.25) is 0 Å². The average Bonchev–Trinajstić information content (AvgIpc) is 2.29. The Balaban J connectivity index is 2.67. The number of hydrogen-bond acceptors (Lipinski definition) is 1. The maximum Gasteiger partial charge on any atom is 0.0206 e. The summed E-state index contributed by atoms with van der Waals surface area (Å²) in [7, 11) is 0. The van der Waals surface area contributed by atoms with Crippen molar-refractivity contribution >= 4 is 0 Å². The second kappa shape index (κ2) is 5.16. The molecule has 1 heteroatoms. The molecule has 0 aliphatic carbocycles. The van der Waals surface area contributed by atoms with Gasteiger partial charge in [0.15, 0.2) is 0 Å². The van der Waals surface area contributed by atoms with Crippen LogP contribution in [0.4, 0.5) is 0 Å². The second-order valence-electron chi connectivity index (χ2n) is 5.65. The maximum atomic E-state index is 3.83. The van der Waals surface area contributed by atoms with E-state index in [9.17, 15) is 0 Å². The van der Waals surface area contributed by atoms with Gasteiger partial charge < -0.3 is 5.32 Å². The van der Waals surface area contributed by atoms with Gasteiger partial charge in [0.1, 0.15) is 0 Å². The van der Waals surface area contributed by atoms with E-state index in [1.165, 1.54) is 38.6 Å². The third kappa shape index (κ3) is 2.98. The molecule has 1 aliphatic rings. The van der Waals surface area contributed by atoms with Crippen LogP contribution in [0.2, 0.25) is 0 Å². The van der Waals surface area contributed by atoms with Crippen LogP contribution in [0.15, 0.2) is 0 Å². The normalized spacial score (nSPS) is 29.6. The fourth-order valence-electron chi connectivity index (χ4n) is 2.80. The summed E-state index contributed by atoms with van der Waals surface area (Å²) in [6, 6.07) is 0. The molecule has 1 nitrogen and oxygen atoms in total. The Morgan fingerprint density at radius 1 is 1.07 bits per heavy atom. The lowest BCUT2D eigenvalue weighted by molar-refractivity contribution is 0.187. The lowest BCUT2D eigenvalue weighted by Gasteiger charge is -2.39. The second-order valence-corrected chi connectivity index (χ2v) is 5.65. The molecule has 1 rings (SSSR count). The van der Waals surface area contributed by atoms with Crippen LogP contribution in [0.3, 0.4) is 0 Å². The van der Waals surface area contributed by atoms with Crippen molar-refractivity contribution in [2.24, 2.45) is 11.8 Å². The van der Waals surface area contributed by atoms with Crippen molar-refractivity contribution in [2.75, 3.05) is 6.54 Å². The minimum atomic E-state index is 0.435. The molecule has 84 valence electrons. The molecule has 0 radical (unpaired) electrons. The van der Waals surface area contributed by atoms with E-state index < -0.39 is 0 Å². The van der Waals surface area contributed by atoms with Gasteiger partial charge >= 0.3 is 0 Å². The Morgan fingerprint density at radius 3 is 2.36 bits per heavy atom. The monoisotopic (exact) mass is 197 g/mol. The van der Waals surface area contributed by atoms with Crippen molar-refractivity contribution < 1.29 is 0 Å². The van der Waals surface area contributed by atoms with E-state index in [4.69, 9.17) is 0 Å². The fourth-order valence-corrected chi connectivity index (χ4v) is 2.80. The highest BCUT2D eigenvalue weighted by Crippen LogP contribution is 2.32. The standard InChI is InChI=1S/C13H27N/c1-11(2)10-13(12(3)4)8-6-5-7-9-14-13/h11-12,14H,5-10H2,1-4H3. The summed E-state index contributed by atoms with van der Waals surface area (Å²) in [6.45, 7) is 10.7. The number of rotatable bonds is 3. The molecule has 1 atom stereocenters. The first-order valence-corrected chi connectivity index (χ1v) is 6.32. The van der Waals surface area contributed by atoms with E-state index in [-0.39, 0.29) is 0 Å². The summed E-state index contributed by atoms with van der Waals surface area (Å²) in [5.74, 6) is 1.57. The van der Waals surface area contributed by atoms with Gasteiger partial charge in [0.25, 0.3) is 0 Å². The average molecular weight is 197 g/mol. The SMILES string of the molecule is CC(C)CC1(C(C)C)CCCCCN1. The summed E-state index contributed by atoms with van der Waals surface area (Å²) < 4.78 is 0. The van der Waals surface area contributed by atoms with Crippen LogP contribution in [-0.4, -0.2) is 12.1 Å². The fraction of sp³-hybridized carbons (Fsp3) is 1.00. The predicted octanol–water partition coefficient (Wildman–Crippen LogP) is 3.59. The van der Waals surface area contributed by atoms with Crippen LogP contribution >= 0.6 is 0 Å². The molecule has 0 spiro atoms. The summed E-state index contributed by atoms with van der Waals surface area (Å²) in [5.41, 5.74) is 0.435. The zero-order valence-corrected chi connectivity index (χ0v) is 10.4. The van der Waals surface area contributed by atoms with Gasteiger partial charge in [-0.2, -0.15) is 0 Å². The van der Waals surface area contributed by atoms with E-state index >= 15 is 0 Å². The molecule has 14 heavy (non-hydrogen) atoms. The molecule has 1 N–H and O–H groups in total. The van der Waals surface area contributed by atoms with Crippen LogP contribution < -0.4 is 5.32 Å². The molecule has 0 bridgehead atoms. The molecular formula is C13H27N. The van der Waals surface area contributed by atoms with Gasteiger partial charge in [-0.05, 0) is 37.6 Å². The highest BCUT2D eigenvalue weighted by molar-refractivity contribution is 4.93. The topological polar surface area (TPSA) is 12.0 Å². The molecule has 0 saturated carbocycles. The molecule has 0 aromatic heterocycles. The molecule has 1 heterocycles. The van der Waals surface area contributed by atoms with Crippen LogP contribution in [0.5, 0.6) is 0 Å². The first-order valence-electron chi connectivity index (χ1n) is 6.32. The summed E-state index contributed by atoms with van der Waals surface area (Å²) in [5, 5.41) is 3.83. The van der Waals surface area contributed by atoms with Gasteiger partial charge in [0.2, 0.25) is 0 Å². The van der Waals surface area contributed by atoms with Crippen molar-refractivity contribution in [2.45, 2.75) is 65.3 Å². The largest absolute Gasteiger partial charge is 0.311 e. The van der Waals surface area contributed by atoms with Crippen molar-refractivity contribution in [1.29, 1.82) is 0 Å². The molecule has 0 aromatic carbocycles. The Morgan fingerprint density at radius 2 is 1.79 bits per heavy atom. The Kier molecular flexibility index (Phi) is 4.43. The lowest BCUT2D eigenvalue weighted by Crippen LogP contribution is -2.50. The summed E-state index contributed by atoms with van der Waals surface area (Å²) in [6.07, 6.45) is 6.91. The molecular weight excluding hydrogens is 170 g/mol. The molecule has 1 saturated heterocycles. The molecule has 0 amide bonds. The minimum absolute atomic E-state index is 0.435. The third-order valence-corrected chi connectivity index (χ3v) is 3.65. The minimum Gasteiger partial charge on any atom is -0.311 e. The highest BCUT2D eigenvalue weighted by atomic mass is 15.0. The molecule has 1 unspecified atom stereocenters. The highest BCUT2D eigenvalue weighted by Gasteiger charge is 2.34. The van der Waals surface area contributed by atoms with Crippen LogP contribution in [0.1, 0.15) is 59.8 Å². The predicted molar refractivity (Wildman–Crippen MR) is 63.5 cm³/mol. The first kappa shape index (κ1) is 12.0. The lowest BCUT2D eigenvalue weighted by atomic mass is 9.76. The zero-order valence-electron chi connectivity index (χ0n) is 10.4. The van der Waals surface area contributed by atoms with E-state index in [1.807, 2.05) is 0 Å². The third-order valence-electron chi connectivity index (χ3n) is 3.65. The van der Waals surface area contributed by atoms with Crippen molar-refractivity contribution in [3.8, 4) is 0 Å². The first-order chi connectivity index (χ1) is 6.57. The zero-order chi connectivity index (χ0) is 10.6. The van der Waals surface area contributed by atoms with Crippen LogP contribution in [0, 0.1) is 11.8 Å². The van der Waals surface area contributed by atoms with E-state index in [0.717, 1.165) is 11.8 Å². The number of nitrogens with one attached hydrogen (secondary N) is 1. The summed E-state index contributed by atoms with van der Waals surface area (Å²) >= 11 is 0. The Bertz CT molecular complexity index is 153. The van der Waals surface area contributed by atoms with Gasteiger partial charge in [-0.1, -0.05) is 40.5 Å². The van der Waals surface area contributed by atoms with E-state index in [1.54, 1.807) is 0 Å². The molecule has 1 aliphatic heterocycles. The van der Waals surface area contributed by atoms with Gasteiger partial charge in [0.05, 0.1) is 0 Å². The Labute approximate surface area is 89.7 Å². The van der Waals surface area contributed by atoms with Gasteiger partial charge in [-0.15, -0.1) is 0 Å².